The highest BCUT2D eigenvalue weighted by molar-refractivity contribution is 4.85. The Kier molecular flexibility index (Phi) is 9.50. The lowest BCUT2D eigenvalue weighted by atomic mass is 9.78. The minimum absolute atomic E-state index is 1.03. The minimum Gasteiger partial charge on any atom is -0.0620 e. The van der Waals surface area contributed by atoms with Crippen LogP contribution in [-0.2, 0) is 0 Å². The van der Waals surface area contributed by atoms with Crippen LogP contribution in [0.15, 0.2) is 0 Å². The molecule has 0 saturated heterocycles. The van der Waals surface area contributed by atoms with Gasteiger partial charge in [-0.15, -0.1) is 0 Å². The smallest absolute Gasteiger partial charge is 0.0383 e. The first-order chi connectivity index (χ1) is 14.8. The van der Waals surface area contributed by atoms with E-state index in [0.29, 0.717) is 0 Å². The number of hydrogen-bond donors (Lipinski definition) is 0. The predicted molar refractivity (Wildman–Crippen MR) is 132 cm³/mol. The Bertz CT molecular complexity index is 455. The summed E-state index contributed by atoms with van der Waals surface area (Å²) in [5.41, 5.74) is 0. The summed E-state index contributed by atoms with van der Waals surface area (Å²) in [6.45, 7) is 2.62. The molecular weight excluding hydrogens is 360 g/mol. The Morgan fingerprint density at radius 3 is 1.80 bits per heavy atom. The molecule has 0 aliphatic heterocycles. The standard InChI is InChI=1S/C30H54/c1-24-27(15-9-8-13-25-11-4-2-5-12-25)21-22-28(24)18-10-14-26-19-20-30(23-26)29-16-6-3-7-17-29/h24-30H,2-23H2,1H3. The molecule has 4 aliphatic carbocycles. The van der Waals surface area contributed by atoms with Gasteiger partial charge in [0.2, 0.25) is 0 Å². The van der Waals surface area contributed by atoms with Crippen molar-refractivity contribution in [3.8, 4) is 0 Å². The van der Waals surface area contributed by atoms with E-state index in [0.717, 1.165) is 41.4 Å². The van der Waals surface area contributed by atoms with Gasteiger partial charge in [0, 0.05) is 0 Å². The summed E-state index contributed by atoms with van der Waals surface area (Å²) in [5, 5.41) is 0. The van der Waals surface area contributed by atoms with Gasteiger partial charge in [-0.3, -0.25) is 0 Å². The van der Waals surface area contributed by atoms with Gasteiger partial charge in [-0.05, 0) is 67.1 Å². The molecule has 4 fully saturated rings. The Hall–Kier alpha value is 0. The average molecular weight is 415 g/mol. The summed E-state index contributed by atoms with van der Waals surface area (Å²) in [7, 11) is 0. The molecule has 0 aromatic heterocycles. The van der Waals surface area contributed by atoms with Crippen LogP contribution in [0.1, 0.15) is 148 Å². The SMILES string of the molecule is CC1C(CCCCC2CCCCC2)CCC1CCCC1CCC(C2CCCCC2)C1. The Labute approximate surface area is 189 Å². The second-order valence-electron chi connectivity index (χ2n) is 12.5. The fraction of sp³-hybridized carbons (Fsp3) is 1.00. The molecule has 0 amide bonds. The quantitative estimate of drug-likeness (QED) is 0.312. The van der Waals surface area contributed by atoms with Crippen LogP contribution in [-0.4, -0.2) is 0 Å². The Morgan fingerprint density at radius 1 is 0.467 bits per heavy atom. The molecular formula is C30H54. The summed E-state index contributed by atoms with van der Waals surface area (Å²) in [4.78, 5) is 0. The van der Waals surface area contributed by atoms with Gasteiger partial charge in [0.05, 0.1) is 0 Å². The van der Waals surface area contributed by atoms with Crippen molar-refractivity contribution in [1.82, 2.24) is 0 Å². The van der Waals surface area contributed by atoms with E-state index in [-0.39, 0.29) is 0 Å². The fourth-order valence-electron chi connectivity index (χ4n) is 8.55. The van der Waals surface area contributed by atoms with Crippen molar-refractivity contribution in [3.63, 3.8) is 0 Å². The van der Waals surface area contributed by atoms with E-state index in [2.05, 4.69) is 6.92 Å². The van der Waals surface area contributed by atoms with Gasteiger partial charge in [-0.1, -0.05) is 122 Å². The minimum atomic E-state index is 1.03. The van der Waals surface area contributed by atoms with Crippen LogP contribution in [0.5, 0.6) is 0 Å². The van der Waals surface area contributed by atoms with Crippen molar-refractivity contribution in [2.24, 2.45) is 41.4 Å². The first kappa shape index (κ1) is 23.2. The van der Waals surface area contributed by atoms with Crippen LogP contribution in [0.4, 0.5) is 0 Å². The first-order valence-electron chi connectivity index (χ1n) is 14.8. The maximum Gasteiger partial charge on any atom is -0.0383 e. The maximum atomic E-state index is 2.62. The zero-order valence-electron chi connectivity index (χ0n) is 20.6. The van der Waals surface area contributed by atoms with Crippen LogP contribution in [0.3, 0.4) is 0 Å². The molecule has 0 bridgehead atoms. The number of unbranched alkanes of at least 4 members (excludes halogenated alkanes) is 1. The molecule has 5 atom stereocenters. The third-order valence-corrected chi connectivity index (χ3v) is 10.6. The second-order valence-corrected chi connectivity index (χ2v) is 12.5. The van der Waals surface area contributed by atoms with Crippen molar-refractivity contribution in [2.75, 3.05) is 0 Å². The summed E-state index contributed by atoms with van der Waals surface area (Å²) < 4.78 is 0. The molecule has 0 heteroatoms. The lowest BCUT2D eigenvalue weighted by molar-refractivity contribution is 0.243. The van der Waals surface area contributed by atoms with Gasteiger partial charge in [-0.25, -0.2) is 0 Å². The highest BCUT2D eigenvalue weighted by atomic mass is 14.4. The van der Waals surface area contributed by atoms with Crippen molar-refractivity contribution < 1.29 is 0 Å². The van der Waals surface area contributed by atoms with E-state index < -0.39 is 0 Å². The monoisotopic (exact) mass is 414 g/mol. The molecule has 5 unspecified atom stereocenters. The molecule has 0 heterocycles. The lowest BCUT2D eigenvalue weighted by Gasteiger charge is -2.27. The molecule has 0 aromatic carbocycles. The number of hydrogen-bond acceptors (Lipinski definition) is 0. The van der Waals surface area contributed by atoms with Crippen molar-refractivity contribution >= 4 is 0 Å². The van der Waals surface area contributed by atoms with Crippen LogP contribution >= 0.6 is 0 Å². The predicted octanol–water partition coefficient (Wildman–Crippen LogP) is 9.96. The van der Waals surface area contributed by atoms with Gasteiger partial charge in [-0.2, -0.15) is 0 Å². The van der Waals surface area contributed by atoms with Gasteiger partial charge in [0.1, 0.15) is 0 Å². The molecule has 30 heavy (non-hydrogen) atoms. The van der Waals surface area contributed by atoms with Crippen LogP contribution < -0.4 is 0 Å². The molecule has 4 rings (SSSR count). The second kappa shape index (κ2) is 12.3. The van der Waals surface area contributed by atoms with Gasteiger partial charge in [0.15, 0.2) is 0 Å². The molecule has 0 spiro atoms. The van der Waals surface area contributed by atoms with E-state index in [4.69, 9.17) is 0 Å². The topological polar surface area (TPSA) is 0 Å². The lowest BCUT2D eigenvalue weighted by Crippen LogP contribution is -2.15. The third-order valence-electron chi connectivity index (χ3n) is 10.6. The molecule has 0 N–H and O–H groups in total. The summed E-state index contributed by atoms with van der Waals surface area (Å²) in [5.74, 6) is 7.62. The molecule has 0 radical (unpaired) electrons. The van der Waals surface area contributed by atoms with Crippen LogP contribution in [0.2, 0.25) is 0 Å². The Balaban J connectivity index is 1.05. The normalized spacial score (nSPS) is 36.5. The Morgan fingerprint density at radius 2 is 1.07 bits per heavy atom. The van der Waals surface area contributed by atoms with Crippen LogP contribution in [0.25, 0.3) is 0 Å². The highest BCUT2D eigenvalue weighted by Crippen LogP contribution is 2.45. The first-order valence-corrected chi connectivity index (χ1v) is 14.8. The zero-order chi connectivity index (χ0) is 20.6. The van der Waals surface area contributed by atoms with Crippen LogP contribution in [0, 0.1) is 41.4 Å². The van der Waals surface area contributed by atoms with E-state index >= 15 is 0 Å². The van der Waals surface area contributed by atoms with Crippen molar-refractivity contribution in [2.45, 2.75) is 148 Å². The molecule has 0 aromatic rings. The fourth-order valence-corrected chi connectivity index (χ4v) is 8.55. The summed E-state index contributed by atoms with van der Waals surface area (Å²) >= 11 is 0. The largest absolute Gasteiger partial charge is 0.0620 e. The number of rotatable bonds is 10. The van der Waals surface area contributed by atoms with Gasteiger partial charge >= 0.3 is 0 Å². The maximum absolute atomic E-state index is 2.62. The van der Waals surface area contributed by atoms with Crippen molar-refractivity contribution in [3.05, 3.63) is 0 Å². The summed E-state index contributed by atoms with van der Waals surface area (Å²) in [6.07, 6.45) is 34.1. The van der Waals surface area contributed by atoms with Gasteiger partial charge in [0.25, 0.3) is 0 Å². The summed E-state index contributed by atoms with van der Waals surface area (Å²) in [6, 6.07) is 0. The zero-order valence-corrected chi connectivity index (χ0v) is 20.6. The van der Waals surface area contributed by atoms with E-state index in [1.54, 1.807) is 89.9 Å². The third kappa shape index (κ3) is 6.75. The highest BCUT2D eigenvalue weighted by Gasteiger charge is 2.33. The van der Waals surface area contributed by atoms with Gasteiger partial charge < -0.3 is 0 Å². The molecule has 174 valence electrons. The molecule has 4 aliphatic rings. The molecule has 0 nitrogen and oxygen atoms in total. The van der Waals surface area contributed by atoms with E-state index in [9.17, 15) is 0 Å². The average Bonchev–Trinajstić information content (AvgIpc) is 3.40. The van der Waals surface area contributed by atoms with Crippen molar-refractivity contribution in [1.29, 1.82) is 0 Å². The van der Waals surface area contributed by atoms with E-state index in [1.807, 2.05) is 0 Å². The molecule has 4 saturated carbocycles. The van der Waals surface area contributed by atoms with E-state index in [1.165, 1.54) is 51.4 Å².